The van der Waals surface area contributed by atoms with Crippen molar-refractivity contribution in [1.82, 2.24) is 9.97 Å². The van der Waals surface area contributed by atoms with Gasteiger partial charge in [0.15, 0.2) is 5.13 Å². The molecule has 2 aromatic heterocycles. The highest BCUT2D eigenvalue weighted by Gasteiger charge is 2.23. The number of pyridine rings is 1. The van der Waals surface area contributed by atoms with E-state index in [1.807, 2.05) is 55.5 Å². The number of benzene rings is 2. The van der Waals surface area contributed by atoms with Crippen LogP contribution >= 0.6 is 27.3 Å². The Morgan fingerprint density at radius 1 is 1.21 bits per heavy atom. The molecule has 2 aromatic carbocycles. The Labute approximate surface area is 181 Å². The van der Waals surface area contributed by atoms with Gasteiger partial charge in [-0.15, -0.1) is 0 Å². The Kier molecular flexibility index (Phi) is 5.60. The zero-order chi connectivity index (χ0) is 20.4. The molecule has 4 aromatic rings. The quantitative estimate of drug-likeness (QED) is 0.382. The molecule has 0 aliphatic carbocycles. The lowest BCUT2D eigenvalue weighted by Gasteiger charge is -2.20. The predicted octanol–water partition coefficient (Wildman–Crippen LogP) is 5.62. The SMILES string of the molecule is COc1ccc(C)c2sc(N(Cc3cccnc3)C(=O)c3cccc(Br)c3)nc12. The molecule has 0 atom stereocenters. The lowest BCUT2D eigenvalue weighted by Crippen LogP contribution is -2.30. The van der Waals surface area contributed by atoms with E-state index in [1.165, 1.54) is 11.3 Å². The van der Waals surface area contributed by atoms with Gasteiger partial charge in [-0.1, -0.05) is 45.5 Å². The molecule has 0 fully saturated rings. The summed E-state index contributed by atoms with van der Waals surface area (Å²) in [5.41, 5.74) is 3.39. The van der Waals surface area contributed by atoms with Crippen molar-refractivity contribution in [3.05, 3.63) is 82.1 Å². The van der Waals surface area contributed by atoms with Gasteiger partial charge in [0.1, 0.15) is 11.3 Å². The topological polar surface area (TPSA) is 55.3 Å². The van der Waals surface area contributed by atoms with Crippen molar-refractivity contribution in [1.29, 1.82) is 0 Å². The minimum Gasteiger partial charge on any atom is -0.494 e. The maximum Gasteiger partial charge on any atom is 0.260 e. The number of amides is 1. The number of aromatic nitrogens is 2. The first-order valence-electron chi connectivity index (χ1n) is 8.97. The fraction of sp³-hybridized carbons (Fsp3) is 0.136. The number of ether oxygens (including phenoxy) is 1. The van der Waals surface area contributed by atoms with Gasteiger partial charge in [-0.25, -0.2) is 4.98 Å². The molecule has 0 bridgehead atoms. The van der Waals surface area contributed by atoms with Crippen molar-refractivity contribution in [3.8, 4) is 5.75 Å². The van der Waals surface area contributed by atoms with E-state index in [4.69, 9.17) is 9.72 Å². The summed E-state index contributed by atoms with van der Waals surface area (Å²) in [6, 6.07) is 15.1. The van der Waals surface area contributed by atoms with Gasteiger partial charge in [0.2, 0.25) is 0 Å². The molecule has 146 valence electrons. The number of rotatable bonds is 5. The first-order chi connectivity index (χ1) is 14.1. The van der Waals surface area contributed by atoms with Gasteiger partial charge in [-0.05, 0) is 48.4 Å². The summed E-state index contributed by atoms with van der Waals surface area (Å²) in [5, 5.41) is 0.626. The van der Waals surface area contributed by atoms with Crippen molar-refractivity contribution in [2.24, 2.45) is 0 Å². The van der Waals surface area contributed by atoms with Crippen LogP contribution in [0.2, 0.25) is 0 Å². The normalized spacial score (nSPS) is 10.9. The molecule has 0 N–H and O–H groups in total. The lowest BCUT2D eigenvalue weighted by molar-refractivity contribution is 0.0985. The molecular formula is C22H18BrN3O2S. The number of halogens is 1. The summed E-state index contributed by atoms with van der Waals surface area (Å²) >= 11 is 4.94. The summed E-state index contributed by atoms with van der Waals surface area (Å²) in [6.07, 6.45) is 3.48. The van der Waals surface area contributed by atoms with Crippen molar-refractivity contribution in [2.75, 3.05) is 12.0 Å². The van der Waals surface area contributed by atoms with E-state index in [-0.39, 0.29) is 5.91 Å². The van der Waals surface area contributed by atoms with E-state index in [2.05, 4.69) is 20.9 Å². The van der Waals surface area contributed by atoms with E-state index >= 15 is 0 Å². The number of anilines is 1. The molecule has 29 heavy (non-hydrogen) atoms. The molecule has 0 unspecified atom stereocenters. The maximum atomic E-state index is 13.4. The smallest absolute Gasteiger partial charge is 0.260 e. The lowest BCUT2D eigenvalue weighted by atomic mass is 10.2. The summed E-state index contributed by atoms with van der Waals surface area (Å²) < 4.78 is 7.34. The van der Waals surface area contributed by atoms with E-state index in [9.17, 15) is 4.79 Å². The molecule has 0 saturated heterocycles. The number of aryl methyl sites for hydroxylation is 1. The Bertz CT molecular complexity index is 1180. The number of nitrogens with zero attached hydrogens (tertiary/aromatic N) is 3. The first kappa shape index (κ1) is 19.5. The third-order valence-corrected chi connectivity index (χ3v) is 6.23. The van der Waals surface area contributed by atoms with Gasteiger partial charge in [0, 0.05) is 22.4 Å². The standard InChI is InChI=1S/C22H18BrN3O2S/c1-14-8-9-18(28-2)19-20(14)29-22(25-19)26(13-15-5-4-10-24-12-15)21(27)16-6-3-7-17(23)11-16/h3-12H,13H2,1-2H3. The van der Waals surface area contributed by atoms with Crippen molar-refractivity contribution < 1.29 is 9.53 Å². The second kappa shape index (κ2) is 8.31. The van der Waals surface area contributed by atoms with Gasteiger partial charge in [0.05, 0.1) is 18.4 Å². The van der Waals surface area contributed by atoms with Gasteiger partial charge < -0.3 is 4.74 Å². The van der Waals surface area contributed by atoms with Crippen LogP contribution in [0.5, 0.6) is 5.75 Å². The zero-order valence-electron chi connectivity index (χ0n) is 15.9. The summed E-state index contributed by atoms with van der Waals surface area (Å²) in [6.45, 7) is 2.41. The van der Waals surface area contributed by atoms with Crippen LogP contribution in [0, 0.1) is 6.92 Å². The number of hydrogen-bond acceptors (Lipinski definition) is 5. The number of hydrogen-bond donors (Lipinski definition) is 0. The van der Waals surface area contributed by atoms with Crippen LogP contribution in [0.3, 0.4) is 0 Å². The third kappa shape index (κ3) is 4.02. The van der Waals surface area contributed by atoms with Gasteiger partial charge in [0.25, 0.3) is 5.91 Å². The molecule has 0 aliphatic rings. The third-order valence-electron chi connectivity index (χ3n) is 4.52. The fourth-order valence-electron chi connectivity index (χ4n) is 3.06. The molecular weight excluding hydrogens is 450 g/mol. The van der Waals surface area contributed by atoms with Crippen LogP contribution < -0.4 is 9.64 Å². The Hall–Kier alpha value is -2.77. The summed E-state index contributed by atoms with van der Waals surface area (Å²) in [7, 11) is 1.63. The van der Waals surface area contributed by atoms with Crippen LogP contribution in [0.15, 0.2) is 65.4 Å². The van der Waals surface area contributed by atoms with E-state index in [0.29, 0.717) is 23.0 Å². The Morgan fingerprint density at radius 2 is 2.07 bits per heavy atom. The maximum absolute atomic E-state index is 13.4. The number of carbonyl (C=O) groups excluding carboxylic acids is 1. The van der Waals surface area contributed by atoms with Crippen molar-refractivity contribution >= 4 is 48.5 Å². The molecule has 0 radical (unpaired) electrons. The van der Waals surface area contributed by atoms with E-state index < -0.39 is 0 Å². The highest BCUT2D eigenvalue weighted by Crippen LogP contribution is 2.37. The summed E-state index contributed by atoms with van der Waals surface area (Å²) in [4.78, 5) is 24.1. The number of methoxy groups -OCH3 is 1. The number of carbonyl (C=O) groups is 1. The fourth-order valence-corrected chi connectivity index (χ4v) is 4.50. The molecule has 7 heteroatoms. The average molecular weight is 468 g/mol. The molecule has 1 amide bonds. The zero-order valence-corrected chi connectivity index (χ0v) is 18.3. The van der Waals surface area contributed by atoms with Crippen molar-refractivity contribution in [2.45, 2.75) is 13.5 Å². The molecule has 0 spiro atoms. The average Bonchev–Trinajstić information content (AvgIpc) is 3.19. The Morgan fingerprint density at radius 3 is 2.79 bits per heavy atom. The molecule has 4 rings (SSSR count). The second-order valence-electron chi connectivity index (χ2n) is 6.52. The van der Waals surface area contributed by atoms with Gasteiger partial charge >= 0.3 is 0 Å². The number of thiazole rings is 1. The van der Waals surface area contributed by atoms with Crippen LogP contribution in [0.1, 0.15) is 21.5 Å². The second-order valence-corrected chi connectivity index (χ2v) is 8.42. The van der Waals surface area contributed by atoms with Crippen LogP contribution in [-0.2, 0) is 6.54 Å². The minimum atomic E-state index is -0.120. The Balaban J connectivity index is 1.83. The predicted molar refractivity (Wildman–Crippen MR) is 120 cm³/mol. The van der Waals surface area contributed by atoms with Crippen LogP contribution in [-0.4, -0.2) is 23.0 Å². The highest BCUT2D eigenvalue weighted by molar-refractivity contribution is 9.10. The summed E-state index contributed by atoms with van der Waals surface area (Å²) in [5.74, 6) is 0.579. The van der Waals surface area contributed by atoms with Gasteiger partial charge in [-0.2, -0.15) is 0 Å². The van der Waals surface area contributed by atoms with Gasteiger partial charge in [-0.3, -0.25) is 14.7 Å². The minimum absolute atomic E-state index is 0.120. The van der Waals surface area contributed by atoms with Crippen molar-refractivity contribution in [3.63, 3.8) is 0 Å². The molecule has 2 heterocycles. The van der Waals surface area contributed by atoms with E-state index in [0.717, 1.165) is 25.8 Å². The molecule has 0 saturated carbocycles. The molecule has 5 nitrogen and oxygen atoms in total. The number of fused-ring (bicyclic) bond motifs is 1. The highest BCUT2D eigenvalue weighted by atomic mass is 79.9. The first-order valence-corrected chi connectivity index (χ1v) is 10.6. The largest absolute Gasteiger partial charge is 0.494 e. The van der Waals surface area contributed by atoms with Crippen LogP contribution in [0.4, 0.5) is 5.13 Å². The molecule has 0 aliphatic heterocycles. The monoisotopic (exact) mass is 467 g/mol. The van der Waals surface area contributed by atoms with Crippen LogP contribution in [0.25, 0.3) is 10.2 Å². The van der Waals surface area contributed by atoms with E-state index in [1.54, 1.807) is 24.4 Å².